The predicted molar refractivity (Wildman–Crippen MR) is 92.6 cm³/mol. The van der Waals surface area contributed by atoms with Crippen LogP contribution in [0.5, 0.6) is 0 Å². The van der Waals surface area contributed by atoms with Crippen molar-refractivity contribution in [3.8, 4) is 0 Å². The van der Waals surface area contributed by atoms with Crippen LogP contribution in [0.1, 0.15) is 0 Å². The van der Waals surface area contributed by atoms with Gasteiger partial charge in [0.1, 0.15) is 11.6 Å². The highest BCUT2D eigenvalue weighted by Gasteiger charge is 2.06. The molecule has 1 heterocycles. The number of nitrogens with two attached hydrogens (primary N) is 1. The number of benzene rings is 2. The third-order valence-electron chi connectivity index (χ3n) is 3.07. The number of aliphatic hydroxyl groups excluding tert-OH is 3. The minimum Gasteiger partial charge on any atom is -0.396 e. The van der Waals surface area contributed by atoms with Gasteiger partial charge in [0, 0.05) is 11.6 Å². The Morgan fingerprint density at radius 2 is 1.48 bits per heavy atom. The zero-order valence-electron chi connectivity index (χ0n) is 14.0. The van der Waals surface area contributed by atoms with E-state index in [9.17, 15) is 17.6 Å². The van der Waals surface area contributed by atoms with Crippen molar-refractivity contribution in [2.45, 2.75) is 6.10 Å². The Balaban J connectivity index is 0.000000217. The standard InChI is InChI=1S/C9H5F2N.C6H5F2N.C3H8O3/c10-7-4-3-6-2-1-5-12-9(6)8(7)11;7-4-2-1-3-5(9)6(4)8;4-1-3(6)2-5/h1-5H;1-3H,9H2;3-6H,1-2H2. The number of hydrogen-bond donors (Lipinski definition) is 4. The normalized spacial score (nSPS) is 10.1. The maximum absolute atomic E-state index is 13.0. The van der Waals surface area contributed by atoms with Crippen LogP contribution >= 0.6 is 0 Å². The molecule has 0 atom stereocenters. The van der Waals surface area contributed by atoms with Gasteiger partial charge in [0.05, 0.1) is 18.9 Å². The van der Waals surface area contributed by atoms with E-state index in [1.165, 1.54) is 24.4 Å². The minimum absolute atomic E-state index is 0.0810. The molecule has 0 fully saturated rings. The Labute approximate surface area is 152 Å². The average molecular weight is 386 g/mol. The Morgan fingerprint density at radius 1 is 0.852 bits per heavy atom. The number of fused-ring (bicyclic) bond motifs is 1. The van der Waals surface area contributed by atoms with Crippen LogP contribution in [0, 0.1) is 23.3 Å². The van der Waals surface area contributed by atoms with Gasteiger partial charge in [-0.05, 0) is 30.3 Å². The molecule has 0 unspecified atom stereocenters. The highest BCUT2D eigenvalue weighted by atomic mass is 19.2. The fourth-order valence-corrected chi connectivity index (χ4v) is 1.66. The number of aliphatic hydroxyl groups is 3. The first-order chi connectivity index (χ1) is 12.8. The molecular formula is C18H18F4N2O3. The molecule has 1 aromatic heterocycles. The van der Waals surface area contributed by atoms with Gasteiger partial charge in [-0.15, -0.1) is 0 Å². The van der Waals surface area contributed by atoms with Gasteiger partial charge in [-0.1, -0.05) is 12.1 Å². The first-order valence-electron chi connectivity index (χ1n) is 7.59. The highest BCUT2D eigenvalue weighted by molar-refractivity contribution is 5.78. The van der Waals surface area contributed by atoms with Crippen molar-refractivity contribution in [3.63, 3.8) is 0 Å². The van der Waals surface area contributed by atoms with Crippen LogP contribution in [-0.4, -0.2) is 39.6 Å². The summed E-state index contributed by atoms with van der Waals surface area (Å²) in [5.74, 6) is -3.62. The summed E-state index contributed by atoms with van der Waals surface area (Å²) in [5, 5.41) is 24.6. The van der Waals surface area contributed by atoms with Gasteiger partial charge in [0.25, 0.3) is 0 Å². The number of pyridine rings is 1. The maximum Gasteiger partial charge on any atom is 0.184 e. The smallest absolute Gasteiger partial charge is 0.184 e. The van der Waals surface area contributed by atoms with Gasteiger partial charge in [0.2, 0.25) is 0 Å². The first kappa shape index (κ1) is 22.3. The van der Waals surface area contributed by atoms with Gasteiger partial charge < -0.3 is 21.1 Å². The van der Waals surface area contributed by atoms with Gasteiger partial charge >= 0.3 is 0 Å². The molecule has 0 amide bonds. The molecule has 5 nitrogen and oxygen atoms in total. The first-order valence-corrected chi connectivity index (χ1v) is 7.59. The fraction of sp³-hybridized carbons (Fsp3) is 0.167. The molecule has 2 aromatic carbocycles. The Kier molecular flexibility index (Phi) is 9.14. The summed E-state index contributed by atoms with van der Waals surface area (Å²) in [7, 11) is 0. The lowest BCUT2D eigenvalue weighted by Crippen LogP contribution is -2.15. The monoisotopic (exact) mass is 386 g/mol. The Morgan fingerprint density at radius 3 is 2.00 bits per heavy atom. The van der Waals surface area contributed by atoms with E-state index in [-0.39, 0.29) is 24.4 Å². The zero-order valence-corrected chi connectivity index (χ0v) is 14.0. The highest BCUT2D eigenvalue weighted by Crippen LogP contribution is 2.17. The van der Waals surface area contributed by atoms with Crippen molar-refractivity contribution in [2.24, 2.45) is 0 Å². The van der Waals surface area contributed by atoms with Gasteiger partial charge in [0.15, 0.2) is 23.3 Å². The lowest BCUT2D eigenvalue weighted by Gasteiger charge is -1.97. The topological polar surface area (TPSA) is 99.6 Å². The van der Waals surface area contributed by atoms with E-state index in [0.29, 0.717) is 5.39 Å². The lowest BCUT2D eigenvalue weighted by molar-refractivity contribution is 0.0450. The predicted octanol–water partition coefficient (Wildman–Crippen LogP) is 2.39. The number of anilines is 1. The molecule has 0 radical (unpaired) electrons. The maximum atomic E-state index is 13.0. The summed E-state index contributed by atoms with van der Waals surface area (Å²) < 4.78 is 49.9. The minimum atomic E-state index is -0.975. The average Bonchev–Trinajstić information content (AvgIpc) is 2.69. The van der Waals surface area contributed by atoms with Crippen LogP contribution in [0.25, 0.3) is 10.9 Å². The summed E-state index contributed by atoms with van der Waals surface area (Å²) in [5.41, 5.74) is 4.93. The molecule has 0 spiro atoms. The van der Waals surface area contributed by atoms with Crippen LogP contribution in [0.3, 0.4) is 0 Å². The molecule has 0 aliphatic rings. The van der Waals surface area contributed by atoms with Crippen LogP contribution < -0.4 is 5.73 Å². The summed E-state index contributed by atoms with van der Waals surface area (Å²) in [6.07, 6.45) is 0.482. The Hall–Kier alpha value is -2.75. The van der Waals surface area contributed by atoms with E-state index < -0.39 is 29.4 Å². The van der Waals surface area contributed by atoms with E-state index in [0.717, 1.165) is 12.1 Å². The van der Waals surface area contributed by atoms with Crippen LogP contribution in [0.2, 0.25) is 0 Å². The molecule has 9 heteroatoms. The third kappa shape index (κ3) is 6.81. The SMILES string of the molecule is Fc1ccc2cccnc2c1F.Nc1cccc(F)c1F.OCC(O)CO. The second kappa shape index (κ2) is 11.1. The van der Waals surface area contributed by atoms with Crippen molar-refractivity contribution in [3.05, 3.63) is 71.9 Å². The molecule has 0 saturated carbocycles. The second-order valence-corrected chi connectivity index (χ2v) is 5.10. The zero-order chi connectivity index (χ0) is 20.4. The number of rotatable bonds is 2. The molecule has 27 heavy (non-hydrogen) atoms. The number of nitrogen functional groups attached to an aromatic ring is 1. The van der Waals surface area contributed by atoms with Gasteiger partial charge in [-0.2, -0.15) is 0 Å². The fourth-order valence-electron chi connectivity index (χ4n) is 1.66. The third-order valence-corrected chi connectivity index (χ3v) is 3.07. The van der Waals surface area contributed by atoms with E-state index in [1.807, 2.05) is 0 Å². The molecule has 3 aromatic rings. The van der Waals surface area contributed by atoms with Crippen molar-refractivity contribution >= 4 is 16.6 Å². The lowest BCUT2D eigenvalue weighted by atomic mass is 10.2. The van der Waals surface area contributed by atoms with Crippen molar-refractivity contribution in [2.75, 3.05) is 18.9 Å². The van der Waals surface area contributed by atoms with Crippen molar-refractivity contribution in [1.29, 1.82) is 0 Å². The van der Waals surface area contributed by atoms with E-state index in [4.69, 9.17) is 21.1 Å². The molecule has 0 aliphatic heterocycles. The van der Waals surface area contributed by atoms with Crippen LogP contribution in [0.15, 0.2) is 48.7 Å². The van der Waals surface area contributed by atoms with E-state index in [2.05, 4.69) is 4.98 Å². The quantitative estimate of drug-likeness (QED) is 0.400. The molecule has 146 valence electrons. The molecule has 3 rings (SSSR count). The van der Waals surface area contributed by atoms with Crippen LogP contribution in [-0.2, 0) is 0 Å². The molecular weight excluding hydrogens is 368 g/mol. The van der Waals surface area contributed by atoms with Gasteiger partial charge in [-0.25, -0.2) is 17.6 Å². The van der Waals surface area contributed by atoms with Gasteiger partial charge in [-0.3, -0.25) is 4.98 Å². The summed E-state index contributed by atoms with van der Waals surface area (Å²) in [6, 6.07) is 9.64. The number of hydrogen-bond acceptors (Lipinski definition) is 5. The van der Waals surface area contributed by atoms with E-state index >= 15 is 0 Å². The Bertz CT molecular complexity index is 841. The second-order valence-electron chi connectivity index (χ2n) is 5.10. The summed E-state index contributed by atoms with van der Waals surface area (Å²) >= 11 is 0. The number of nitrogens with zero attached hydrogens (tertiary/aromatic N) is 1. The van der Waals surface area contributed by atoms with Crippen molar-refractivity contribution < 1.29 is 32.9 Å². The molecule has 0 saturated heterocycles. The molecule has 5 N–H and O–H groups in total. The molecule has 0 bridgehead atoms. The molecule has 0 aliphatic carbocycles. The largest absolute Gasteiger partial charge is 0.396 e. The summed E-state index contributed by atoms with van der Waals surface area (Å²) in [6.45, 7) is -0.729. The number of aromatic nitrogens is 1. The number of halogens is 4. The summed E-state index contributed by atoms with van der Waals surface area (Å²) in [4.78, 5) is 3.73. The van der Waals surface area contributed by atoms with E-state index in [1.54, 1.807) is 12.1 Å². The van der Waals surface area contributed by atoms with Crippen molar-refractivity contribution in [1.82, 2.24) is 4.98 Å². The van der Waals surface area contributed by atoms with Crippen LogP contribution in [0.4, 0.5) is 23.2 Å².